The van der Waals surface area contributed by atoms with Gasteiger partial charge in [0, 0.05) is 15.9 Å². The van der Waals surface area contributed by atoms with Crippen molar-refractivity contribution >= 4 is 23.1 Å². The Bertz CT molecular complexity index is 607. The van der Waals surface area contributed by atoms with Crippen LogP contribution in [0.15, 0.2) is 46.2 Å². The zero-order valence-corrected chi connectivity index (χ0v) is 9.82. The van der Waals surface area contributed by atoms with Crippen LogP contribution in [-0.2, 0) is 6.18 Å². The Balaban J connectivity index is 2.04. The van der Waals surface area contributed by atoms with Crippen LogP contribution in [0.25, 0.3) is 0 Å². The largest absolute Gasteiger partial charge is 0.417 e. The van der Waals surface area contributed by atoms with E-state index in [1.807, 2.05) is 24.3 Å². The van der Waals surface area contributed by atoms with Crippen molar-refractivity contribution in [1.29, 1.82) is 0 Å². The molecule has 5 heteroatoms. The molecule has 1 heterocycles. The summed E-state index contributed by atoms with van der Waals surface area (Å²) in [5, 5.41) is 2.98. The molecule has 3 rings (SSSR count). The molecule has 0 unspecified atom stereocenters. The number of anilines is 2. The van der Waals surface area contributed by atoms with E-state index in [-0.39, 0.29) is 0 Å². The van der Waals surface area contributed by atoms with E-state index in [4.69, 9.17) is 0 Å². The lowest BCUT2D eigenvalue weighted by atomic mass is 10.2. The van der Waals surface area contributed by atoms with Crippen molar-refractivity contribution in [1.82, 2.24) is 0 Å². The highest BCUT2D eigenvalue weighted by atomic mass is 32.2. The summed E-state index contributed by atoms with van der Waals surface area (Å²) >= 11 is 1.44. The minimum absolute atomic E-state index is 0.383. The average Bonchev–Trinajstić information content (AvgIpc) is 2.34. The average molecular weight is 266 g/mol. The molecular weight excluding hydrogens is 259 g/mol. The predicted octanol–water partition coefficient (Wildman–Crippen LogP) is 4.71. The minimum Gasteiger partial charge on any atom is -0.353 e. The predicted molar refractivity (Wildman–Crippen MR) is 64.1 cm³/mol. The highest BCUT2D eigenvalue weighted by Crippen LogP contribution is 2.45. The van der Waals surface area contributed by atoms with Gasteiger partial charge >= 0.3 is 6.18 Å². The van der Waals surface area contributed by atoms with Crippen LogP contribution in [0.4, 0.5) is 24.5 Å². The smallest absolute Gasteiger partial charge is 0.353 e. The Kier molecular flexibility index (Phi) is 2.52. The summed E-state index contributed by atoms with van der Waals surface area (Å²) in [7, 11) is 0. The van der Waals surface area contributed by atoms with Crippen molar-refractivity contribution in [2.75, 3.05) is 5.32 Å². The third kappa shape index (κ3) is 1.95. The van der Waals surface area contributed by atoms with Crippen LogP contribution in [0.5, 0.6) is 0 Å². The molecule has 0 saturated heterocycles. The number of halogens is 3. The van der Waals surface area contributed by atoms with E-state index < -0.39 is 11.7 Å². The summed E-state index contributed by atoms with van der Waals surface area (Å²) in [5.41, 5.74) is 0.438. The summed E-state index contributed by atoms with van der Waals surface area (Å²) < 4.78 is 37.8. The summed E-state index contributed by atoms with van der Waals surface area (Å²) in [6.45, 7) is 0. The van der Waals surface area contributed by atoms with E-state index >= 15 is 0 Å². The van der Waals surface area contributed by atoms with Crippen LogP contribution in [0.1, 0.15) is 5.56 Å². The molecule has 1 radical (unpaired) electrons. The molecule has 0 spiro atoms. The maximum atomic E-state index is 12.6. The van der Waals surface area contributed by atoms with Gasteiger partial charge in [0.2, 0.25) is 0 Å². The number of benzene rings is 2. The van der Waals surface area contributed by atoms with Crippen molar-refractivity contribution < 1.29 is 13.2 Å². The van der Waals surface area contributed by atoms with Crippen LogP contribution >= 0.6 is 11.8 Å². The van der Waals surface area contributed by atoms with Crippen LogP contribution in [0.3, 0.4) is 0 Å². The van der Waals surface area contributed by atoms with E-state index in [1.54, 1.807) is 0 Å². The second-order valence-electron chi connectivity index (χ2n) is 3.83. The fourth-order valence-electron chi connectivity index (χ4n) is 1.74. The lowest BCUT2D eigenvalue weighted by Crippen LogP contribution is -2.07. The van der Waals surface area contributed by atoms with Gasteiger partial charge in [0.25, 0.3) is 0 Å². The molecule has 18 heavy (non-hydrogen) atoms. The zero-order chi connectivity index (χ0) is 12.8. The van der Waals surface area contributed by atoms with Gasteiger partial charge < -0.3 is 5.32 Å². The third-order valence-corrected chi connectivity index (χ3v) is 3.72. The van der Waals surface area contributed by atoms with Crippen molar-refractivity contribution in [2.24, 2.45) is 0 Å². The summed E-state index contributed by atoms with van der Waals surface area (Å²) in [6.07, 6.45) is -4.36. The first kappa shape index (κ1) is 11.5. The molecule has 0 fully saturated rings. The third-order valence-electron chi connectivity index (χ3n) is 2.58. The molecule has 0 bridgehead atoms. The van der Waals surface area contributed by atoms with Crippen molar-refractivity contribution in [3.8, 4) is 0 Å². The highest BCUT2D eigenvalue weighted by molar-refractivity contribution is 7.99. The van der Waals surface area contributed by atoms with E-state index in [1.165, 1.54) is 17.8 Å². The monoisotopic (exact) mass is 266 g/mol. The van der Waals surface area contributed by atoms with E-state index in [2.05, 4.69) is 11.4 Å². The molecule has 0 aromatic heterocycles. The molecular formula is C13H7F3NS. The van der Waals surface area contributed by atoms with Gasteiger partial charge in [-0.05, 0) is 24.3 Å². The molecule has 2 aromatic carbocycles. The van der Waals surface area contributed by atoms with E-state index in [0.717, 1.165) is 21.5 Å². The van der Waals surface area contributed by atoms with Gasteiger partial charge in [-0.25, -0.2) is 0 Å². The van der Waals surface area contributed by atoms with Gasteiger partial charge in [-0.3, -0.25) is 0 Å². The SMILES string of the molecule is FC(F)(F)c1[c]c2c(cc1)Sc1ccccc1N2. The first-order valence-corrected chi connectivity index (χ1v) is 6.03. The van der Waals surface area contributed by atoms with Gasteiger partial charge in [0.1, 0.15) is 0 Å². The standard InChI is InChI=1S/C13H7F3NS/c14-13(15,16)8-5-6-12-10(7-8)17-9-3-1-2-4-11(9)18-12/h1-6,17H. The Labute approximate surface area is 106 Å². The number of alkyl halides is 3. The second kappa shape index (κ2) is 3.95. The topological polar surface area (TPSA) is 12.0 Å². The van der Waals surface area contributed by atoms with Crippen LogP contribution in [0.2, 0.25) is 0 Å². The molecule has 1 nitrogen and oxygen atoms in total. The minimum atomic E-state index is -4.36. The van der Waals surface area contributed by atoms with Crippen molar-refractivity contribution in [2.45, 2.75) is 16.0 Å². The molecule has 1 aliphatic rings. The summed E-state index contributed by atoms with van der Waals surface area (Å²) in [4.78, 5) is 1.75. The quantitative estimate of drug-likeness (QED) is 0.632. The molecule has 91 valence electrons. The number of para-hydroxylation sites is 1. The fraction of sp³-hybridized carbons (Fsp3) is 0.0769. The Hall–Kier alpha value is -1.62. The zero-order valence-electron chi connectivity index (χ0n) is 9.01. The molecule has 0 aliphatic carbocycles. The number of hydrogen-bond donors (Lipinski definition) is 1. The molecule has 1 N–H and O–H groups in total. The Morgan fingerprint density at radius 2 is 1.78 bits per heavy atom. The molecule has 0 saturated carbocycles. The van der Waals surface area contributed by atoms with Crippen LogP contribution < -0.4 is 5.32 Å². The maximum absolute atomic E-state index is 12.6. The van der Waals surface area contributed by atoms with E-state index in [9.17, 15) is 13.2 Å². The maximum Gasteiger partial charge on any atom is 0.417 e. The first-order valence-electron chi connectivity index (χ1n) is 5.21. The summed E-state index contributed by atoms with van der Waals surface area (Å²) in [5.74, 6) is 0. The van der Waals surface area contributed by atoms with Crippen molar-refractivity contribution in [3.05, 3.63) is 48.0 Å². The number of hydrogen-bond acceptors (Lipinski definition) is 2. The highest BCUT2D eigenvalue weighted by Gasteiger charge is 2.32. The normalized spacial score (nSPS) is 13.5. The lowest BCUT2D eigenvalue weighted by Gasteiger charge is -2.21. The van der Waals surface area contributed by atoms with Gasteiger partial charge in [-0.15, -0.1) is 0 Å². The number of fused-ring (bicyclic) bond motifs is 2. The Morgan fingerprint density at radius 3 is 2.56 bits per heavy atom. The Morgan fingerprint density at radius 1 is 1.00 bits per heavy atom. The summed E-state index contributed by atoms with van der Waals surface area (Å²) in [6, 6.07) is 12.4. The van der Waals surface area contributed by atoms with Gasteiger partial charge in [-0.1, -0.05) is 23.9 Å². The molecule has 0 amide bonds. The molecule has 2 aromatic rings. The van der Waals surface area contributed by atoms with Gasteiger partial charge in [-0.2, -0.15) is 13.2 Å². The van der Waals surface area contributed by atoms with Crippen molar-refractivity contribution in [3.63, 3.8) is 0 Å². The molecule has 0 atom stereocenters. The number of rotatable bonds is 0. The van der Waals surface area contributed by atoms with E-state index in [0.29, 0.717) is 5.69 Å². The molecule has 1 aliphatic heterocycles. The first-order chi connectivity index (χ1) is 8.54. The van der Waals surface area contributed by atoms with Gasteiger partial charge in [0.05, 0.1) is 16.9 Å². The van der Waals surface area contributed by atoms with Crippen LogP contribution in [0, 0.1) is 6.07 Å². The fourth-order valence-corrected chi connectivity index (χ4v) is 2.69. The lowest BCUT2D eigenvalue weighted by molar-refractivity contribution is -0.137. The second-order valence-corrected chi connectivity index (χ2v) is 4.92. The van der Waals surface area contributed by atoms with Gasteiger partial charge in [0.15, 0.2) is 0 Å². The van der Waals surface area contributed by atoms with Crippen LogP contribution in [-0.4, -0.2) is 0 Å². The number of nitrogens with one attached hydrogen (secondary N) is 1.